The maximum Gasteiger partial charge on any atom is 0.253 e. The lowest BCUT2D eigenvalue weighted by molar-refractivity contribution is -0.128. The summed E-state index contributed by atoms with van der Waals surface area (Å²) >= 11 is 0. The summed E-state index contributed by atoms with van der Waals surface area (Å²) in [5.74, 6) is -0.150. The number of amides is 1. The zero-order valence-corrected chi connectivity index (χ0v) is 15.9. The van der Waals surface area contributed by atoms with Crippen molar-refractivity contribution in [3.05, 3.63) is 71.8 Å². The maximum atomic E-state index is 12.8. The number of likely N-dealkylation sites (tertiary alicyclic amines) is 1. The number of hydrogen-bond donors (Lipinski definition) is 3. The fourth-order valence-corrected chi connectivity index (χ4v) is 3.74. The highest BCUT2D eigenvalue weighted by molar-refractivity contribution is 5.94. The molecule has 1 aliphatic rings. The lowest BCUT2D eigenvalue weighted by Gasteiger charge is -2.45. The number of piperidine rings is 1. The second kappa shape index (κ2) is 9.30. The van der Waals surface area contributed by atoms with Crippen molar-refractivity contribution in [3.63, 3.8) is 0 Å². The van der Waals surface area contributed by atoms with E-state index in [9.17, 15) is 20.1 Å². The van der Waals surface area contributed by atoms with Crippen molar-refractivity contribution in [1.82, 2.24) is 9.80 Å². The minimum Gasteiger partial charge on any atom is -0.395 e. The molecule has 6 heteroatoms. The van der Waals surface area contributed by atoms with Gasteiger partial charge in [-0.25, -0.2) is 0 Å². The van der Waals surface area contributed by atoms with Crippen molar-refractivity contribution in [1.29, 1.82) is 0 Å². The van der Waals surface area contributed by atoms with Crippen LogP contribution in [0.5, 0.6) is 0 Å². The van der Waals surface area contributed by atoms with Gasteiger partial charge in [-0.05, 0) is 24.1 Å². The Balaban J connectivity index is 1.72. The van der Waals surface area contributed by atoms with Gasteiger partial charge in [0.2, 0.25) is 0 Å². The lowest BCUT2D eigenvalue weighted by atomic mass is 9.88. The monoisotopic (exact) mass is 384 g/mol. The number of benzene rings is 2. The first kappa shape index (κ1) is 20.5. The molecular formula is C22H28N2O4. The van der Waals surface area contributed by atoms with Gasteiger partial charge >= 0.3 is 0 Å². The average Bonchev–Trinajstić information content (AvgIpc) is 2.71. The summed E-state index contributed by atoms with van der Waals surface area (Å²) in [4.78, 5) is 16.3. The van der Waals surface area contributed by atoms with Gasteiger partial charge in [-0.2, -0.15) is 0 Å². The number of rotatable bonds is 7. The molecule has 3 rings (SSSR count). The molecule has 1 amide bonds. The summed E-state index contributed by atoms with van der Waals surface area (Å²) in [6.45, 7) is 1.49. The van der Waals surface area contributed by atoms with Gasteiger partial charge in [-0.1, -0.05) is 48.5 Å². The van der Waals surface area contributed by atoms with Gasteiger partial charge in [0.15, 0.2) is 0 Å². The van der Waals surface area contributed by atoms with Crippen molar-refractivity contribution in [3.8, 4) is 0 Å². The van der Waals surface area contributed by atoms with Gasteiger partial charge in [0.05, 0.1) is 19.3 Å². The summed E-state index contributed by atoms with van der Waals surface area (Å²) < 4.78 is 0. The summed E-state index contributed by atoms with van der Waals surface area (Å²) in [7, 11) is 0. The Morgan fingerprint density at radius 3 is 2.39 bits per heavy atom. The molecule has 3 N–H and O–H groups in total. The number of carbonyl (C=O) groups excluding carboxylic acids is 1. The molecule has 0 unspecified atom stereocenters. The normalized spacial score (nSPS) is 22.4. The van der Waals surface area contributed by atoms with Crippen molar-refractivity contribution >= 4 is 5.91 Å². The van der Waals surface area contributed by atoms with E-state index in [0.717, 1.165) is 5.56 Å². The Morgan fingerprint density at radius 2 is 1.75 bits per heavy atom. The molecule has 1 saturated heterocycles. The van der Waals surface area contributed by atoms with Crippen LogP contribution < -0.4 is 0 Å². The van der Waals surface area contributed by atoms with E-state index < -0.39 is 11.7 Å². The molecule has 2 aromatic carbocycles. The minimum absolute atomic E-state index is 0.0499. The first-order valence-electron chi connectivity index (χ1n) is 9.64. The van der Waals surface area contributed by atoms with Crippen LogP contribution in [0.2, 0.25) is 0 Å². The van der Waals surface area contributed by atoms with E-state index in [1.165, 1.54) is 0 Å². The van der Waals surface area contributed by atoms with Crippen LogP contribution >= 0.6 is 0 Å². The Bertz CT molecular complexity index is 756. The van der Waals surface area contributed by atoms with E-state index in [0.29, 0.717) is 31.6 Å². The Kier molecular flexibility index (Phi) is 6.80. The third-order valence-corrected chi connectivity index (χ3v) is 5.23. The van der Waals surface area contributed by atoms with Gasteiger partial charge in [-0.3, -0.25) is 9.69 Å². The van der Waals surface area contributed by atoms with Crippen molar-refractivity contribution in [2.45, 2.75) is 24.7 Å². The molecule has 0 bridgehead atoms. The SMILES string of the molecule is O=C(c1ccccc1)N1CC[C@H](O)[C@@](O)(CN(CCO)Cc2ccccc2)C1. The topological polar surface area (TPSA) is 84.2 Å². The number of aliphatic hydroxyl groups is 3. The predicted molar refractivity (Wildman–Crippen MR) is 107 cm³/mol. The van der Waals surface area contributed by atoms with Crippen LogP contribution in [-0.4, -0.2) is 75.5 Å². The summed E-state index contributed by atoms with van der Waals surface area (Å²) in [5.41, 5.74) is 0.173. The zero-order valence-electron chi connectivity index (χ0n) is 15.9. The first-order valence-corrected chi connectivity index (χ1v) is 9.64. The molecule has 1 fully saturated rings. The molecule has 0 radical (unpaired) electrons. The second-order valence-corrected chi connectivity index (χ2v) is 7.42. The third-order valence-electron chi connectivity index (χ3n) is 5.23. The molecule has 2 aromatic rings. The van der Waals surface area contributed by atoms with Gasteiger partial charge in [0.25, 0.3) is 5.91 Å². The lowest BCUT2D eigenvalue weighted by Crippen LogP contribution is -2.62. The summed E-state index contributed by atoms with van der Waals surface area (Å²) in [6.07, 6.45) is -0.614. The molecule has 0 aliphatic carbocycles. The summed E-state index contributed by atoms with van der Waals surface area (Å²) in [5, 5.41) is 31.2. The molecule has 1 heterocycles. The third kappa shape index (κ3) is 4.97. The van der Waals surface area contributed by atoms with E-state index in [1.54, 1.807) is 29.2 Å². The van der Waals surface area contributed by atoms with Gasteiger partial charge in [0, 0.05) is 31.7 Å². The fourth-order valence-electron chi connectivity index (χ4n) is 3.74. The number of nitrogens with zero attached hydrogens (tertiary/aromatic N) is 2. The highest BCUT2D eigenvalue weighted by atomic mass is 16.3. The Hall–Kier alpha value is -2.25. The predicted octanol–water partition coefficient (Wildman–Crippen LogP) is 1.12. The quantitative estimate of drug-likeness (QED) is 0.666. The average molecular weight is 384 g/mol. The van der Waals surface area contributed by atoms with E-state index in [1.807, 2.05) is 41.3 Å². The van der Waals surface area contributed by atoms with Crippen molar-refractivity contribution in [2.75, 3.05) is 32.8 Å². The van der Waals surface area contributed by atoms with Crippen molar-refractivity contribution < 1.29 is 20.1 Å². The number of aliphatic hydroxyl groups excluding tert-OH is 2. The maximum absolute atomic E-state index is 12.8. The highest BCUT2D eigenvalue weighted by Gasteiger charge is 2.43. The van der Waals surface area contributed by atoms with E-state index in [-0.39, 0.29) is 25.6 Å². The van der Waals surface area contributed by atoms with E-state index in [4.69, 9.17) is 0 Å². The highest BCUT2D eigenvalue weighted by Crippen LogP contribution is 2.25. The second-order valence-electron chi connectivity index (χ2n) is 7.42. The summed E-state index contributed by atoms with van der Waals surface area (Å²) in [6, 6.07) is 18.7. The molecular weight excluding hydrogens is 356 g/mol. The minimum atomic E-state index is -1.45. The van der Waals surface area contributed by atoms with Crippen LogP contribution in [0, 0.1) is 0 Å². The molecule has 0 spiro atoms. The smallest absolute Gasteiger partial charge is 0.253 e. The van der Waals surface area contributed by atoms with Crippen molar-refractivity contribution in [2.24, 2.45) is 0 Å². The standard InChI is InChI=1S/C22H28N2O4/c25-14-13-23(15-18-7-3-1-4-8-18)16-22(28)17-24(12-11-20(22)26)21(27)19-9-5-2-6-10-19/h1-10,20,25-26,28H,11-17H2/t20-,22+/m0/s1. The molecule has 0 saturated carbocycles. The van der Waals surface area contributed by atoms with Crippen LogP contribution in [0.3, 0.4) is 0 Å². The van der Waals surface area contributed by atoms with Crippen LogP contribution in [0.1, 0.15) is 22.3 Å². The van der Waals surface area contributed by atoms with Gasteiger partial charge in [-0.15, -0.1) is 0 Å². The molecule has 28 heavy (non-hydrogen) atoms. The molecule has 6 nitrogen and oxygen atoms in total. The zero-order chi connectivity index (χ0) is 20.0. The van der Waals surface area contributed by atoms with Crippen LogP contribution in [0.4, 0.5) is 0 Å². The van der Waals surface area contributed by atoms with Gasteiger partial charge in [0.1, 0.15) is 5.60 Å². The Morgan fingerprint density at radius 1 is 1.11 bits per heavy atom. The molecule has 150 valence electrons. The van der Waals surface area contributed by atoms with Gasteiger partial charge < -0.3 is 20.2 Å². The Labute approximate surface area is 165 Å². The number of carbonyl (C=O) groups is 1. The van der Waals surface area contributed by atoms with Crippen LogP contribution in [-0.2, 0) is 6.54 Å². The first-order chi connectivity index (χ1) is 13.5. The largest absolute Gasteiger partial charge is 0.395 e. The fraction of sp³-hybridized carbons (Fsp3) is 0.409. The molecule has 1 aliphatic heterocycles. The molecule has 0 aromatic heterocycles. The van der Waals surface area contributed by atoms with Crippen LogP contribution in [0.25, 0.3) is 0 Å². The number of β-amino-alcohol motifs (C(OH)–C–C–N with tert-alkyl or cyclic N) is 1. The van der Waals surface area contributed by atoms with E-state index in [2.05, 4.69) is 0 Å². The van der Waals surface area contributed by atoms with Crippen LogP contribution in [0.15, 0.2) is 60.7 Å². The number of hydrogen-bond acceptors (Lipinski definition) is 5. The van der Waals surface area contributed by atoms with E-state index >= 15 is 0 Å². The molecule has 2 atom stereocenters.